The van der Waals surface area contributed by atoms with Crippen molar-refractivity contribution >= 4 is 33.1 Å². The average molecular weight is 435 g/mol. The number of carbonyl (C=O) groups is 1. The number of anilines is 1. The summed E-state index contributed by atoms with van der Waals surface area (Å²) < 4.78 is 16.0. The molecule has 0 bridgehead atoms. The number of nitrogens with one attached hydrogen (secondary N) is 1. The van der Waals surface area contributed by atoms with Crippen molar-refractivity contribution in [2.75, 3.05) is 26.6 Å². The van der Waals surface area contributed by atoms with Crippen LogP contribution >= 0.6 is 11.3 Å². The summed E-state index contributed by atoms with van der Waals surface area (Å²) in [6.07, 6.45) is 0.154. The lowest BCUT2D eigenvalue weighted by Crippen LogP contribution is -2.14. The number of carbonyl (C=O) groups excluding carboxylic acids is 1. The molecule has 6 nitrogen and oxygen atoms in total. The van der Waals surface area contributed by atoms with E-state index in [2.05, 4.69) is 34.6 Å². The molecule has 31 heavy (non-hydrogen) atoms. The van der Waals surface area contributed by atoms with Gasteiger partial charge in [-0.1, -0.05) is 36.4 Å². The van der Waals surface area contributed by atoms with E-state index >= 15 is 0 Å². The molecule has 0 aliphatic heterocycles. The number of rotatable bonds is 7. The molecule has 4 aromatic rings. The standard InChI is InChI=1S/C24H22N2O4S/c1-28-20-10-15(11-21(29-2)23(20)30-3)12-22(27)26-24-25-19(14-31-24)18-9-8-16-6-4-5-7-17(16)13-18/h4-11,13-14H,12H2,1-3H3,(H,25,26,27). The van der Waals surface area contributed by atoms with Crippen molar-refractivity contribution in [2.45, 2.75) is 6.42 Å². The quantitative estimate of drug-likeness (QED) is 0.435. The largest absolute Gasteiger partial charge is 0.493 e. The van der Waals surface area contributed by atoms with Crippen molar-refractivity contribution in [1.29, 1.82) is 0 Å². The number of hydrogen-bond acceptors (Lipinski definition) is 6. The van der Waals surface area contributed by atoms with E-state index in [1.54, 1.807) is 33.5 Å². The molecule has 0 radical (unpaired) electrons. The number of hydrogen-bond donors (Lipinski definition) is 1. The van der Waals surface area contributed by atoms with Crippen LogP contribution in [0.15, 0.2) is 60.0 Å². The third-order valence-corrected chi connectivity index (χ3v) is 5.64. The fourth-order valence-electron chi connectivity index (χ4n) is 3.40. The first-order chi connectivity index (χ1) is 15.1. The van der Waals surface area contributed by atoms with E-state index in [1.165, 1.54) is 16.7 Å². The number of nitrogens with zero attached hydrogens (tertiary/aromatic N) is 1. The van der Waals surface area contributed by atoms with E-state index in [-0.39, 0.29) is 12.3 Å². The van der Waals surface area contributed by atoms with E-state index in [0.29, 0.717) is 22.4 Å². The highest BCUT2D eigenvalue weighted by Gasteiger charge is 2.16. The van der Waals surface area contributed by atoms with Crippen LogP contribution in [0.1, 0.15) is 5.56 Å². The van der Waals surface area contributed by atoms with Crippen LogP contribution in [-0.2, 0) is 11.2 Å². The van der Waals surface area contributed by atoms with Crippen molar-refractivity contribution < 1.29 is 19.0 Å². The second kappa shape index (κ2) is 9.06. The van der Waals surface area contributed by atoms with Crippen LogP contribution in [0.2, 0.25) is 0 Å². The Balaban J connectivity index is 1.49. The normalized spacial score (nSPS) is 10.7. The zero-order valence-electron chi connectivity index (χ0n) is 17.5. The van der Waals surface area contributed by atoms with E-state index in [1.807, 2.05) is 23.6 Å². The van der Waals surface area contributed by atoms with Crippen LogP contribution in [0.4, 0.5) is 5.13 Å². The summed E-state index contributed by atoms with van der Waals surface area (Å²) in [4.78, 5) is 17.2. The number of amides is 1. The molecule has 0 atom stereocenters. The van der Waals surface area contributed by atoms with Gasteiger partial charge in [-0.3, -0.25) is 4.79 Å². The molecule has 0 aliphatic carbocycles. The van der Waals surface area contributed by atoms with Gasteiger partial charge in [0.2, 0.25) is 11.7 Å². The number of thiazole rings is 1. The van der Waals surface area contributed by atoms with Crippen LogP contribution < -0.4 is 19.5 Å². The predicted molar refractivity (Wildman–Crippen MR) is 123 cm³/mol. The Hall–Kier alpha value is -3.58. The third-order valence-electron chi connectivity index (χ3n) is 4.88. The Bertz CT molecular complexity index is 1210. The van der Waals surface area contributed by atoms with Gasteiger partial charge in [-0.25, -0.2) is 4.98 Å². The van der Waals surface area contributed by atoms with Crippen molar-refractivity contribution in [3.8, 4) is 28.5 Å². The van der Waals surface area contributed by atoms with Crippen molar-refractivity contribution in [2.24, 2.45) is 0 Å². The first kappa shape index (κ1) is 20.7. The number of aromatic nitrogens is 1. The zero-order valence-corrected chi connectivity index (χ0v) is 18.3. The minimum atomic E-state index is -0.173. The first-order valence-electron chi connectivity index (χ1n) is 9.64. The third kappa shape index (κ3) is 4.46. The molecule has 0 spiro atoms. The molecular weight excluding hydrogens is 412 g/mol. The predicted octanol–water partition coefficient (Wildman–Crippen LogP) is 5.17. The van der Waals surface area contributed by atoms with Crippen molar-refractivity contribution in [1.82, 2.24) is 4.98 Å². The van der Waals surface area contributed by atoms with Gasteiger partial charge in [0.05, 0.1) is 33.4 Å². The van der Waals surface area contributed by atoms with Crippen LogP contribution in [0.3, 0.4) is 0 Å². The highest BCUT2D eigenvalue weighted by molar-refractivity contribution is 7.14. The summed E-state index contributed by atoms with van der Waals surface area (Å²) in [6, 6.07) is 17.9. The summed E-state index contributed by atoms with van der Waals surface area (Å²) in [5, 5.41) is 7.71. The van der Waals surface area contributed by atoms with Gasteiger partial charge in [0.1, 0.15) is 0 Å². The molecule has 0 saturated heterocycles. The summed E-state index contributed by atoms with van der Waals surface area (Å²) in [5.41, 5.74) is 2.59. The van der Waals surface area contributed by atoms with Gasteiger partial charge in [-0.15, -0.1) is 11.3 Å². The van der Waals surface area contributed by atoms with Gasteiger partial charge in [0.15, 0.2) is 16.6 Å². The summed E-state index contributed by atoms with van der Waals surface area (Å²) in [7, 11) is 4.64. The Morgan fingerprint density at radius 3 is 2.32 bits per heavy atom. The molecule has 0 unspecified atom stereocenters. The van der Waals surface area contributed by atoms with Gasteiger partial charge in [0.25, 0.3) is 0 Å². The second-order valence-corrected chi connectivity index (χ2v) is 7.72. The molecule has 0 aliphatic rings. The molecule has 7 heteroatoms. The van der Waals surface area contributed by atoms with Gasteiger partial charge >= 0.3 is 0 Å². The summed E-state index contributed by atoms with van der Waals surface area (Å²) >= 11 is 1.40. The molecular formula is C24H22N2O4S. The lowest BCUT2D eigenvalue weighted by molar-refractivity contribution is -0.115. The molecule has 158 valence electrons. The lowest BCUT2D eigenvalue weighted by Gasteiger charge is -2.13. The van der Waals surface area contributed by atoms with E-state index < -0.39 is 0 Å². The minimum absolute atomic E-state index is 0.154. The fraction of sp³-hybridized carbons (Fsp3) is 0.167. The van der Waals surface area contributed by atoms with Crippen LogP contribution in [0.5, 0.6) is 17.2 Å². The first-order valence-corrected chi connectivity index (χ1v) is 10.5. The van der Waals surface area contributed by atoms with E-state index in [9.17, 15) is 4.79 Å². The van der Waals surface area contributed by atoms with Crippen LogP contribution in [0.25, 0.3) is 22.0 Å². The molecule has 1 heterocycles. The maximum Gasteiger partial charge on any atom is 0.230 e. The van der Waals surface area contributed by atoms with Gasteiger partial charge in [0, 0.05) is 10.9 Å². The smallest absolute Gasteiger partial charge is 0.230 e. The number of benzene rings is 3. The summed E-state index contributed by atoms with van der Waals surface area (Å²) in [5.74, 6) is 1.35. The molecule has 0 fully saturated rings. The van der Waals surface area contributed by atoms with Crippen molar-refractivity contribution in [3.05, 3.63) is 65.5 Å². The molecule has 4 rings (SSSR count). The highest BCUT2D eigenvalue weighted by Crippen LogP contribution is 2.38. The van der Waals surface area contributed by atoms with Gasteiger partial charge in [-0.2, -0.15) is 0 Å². The zero-order chi connectivity index (χ0) is 21.8. The minimum Gasteiger partial charge on any atom is -0.493 e. The van der Waals surface area contributed by atoms with Crippen LogP contribution in [0, 0.1) is 0 Å². The van der Waals surface area contributed by atoms with Crippen LogP contribution in [-0.4, -0.2) is 32.2 Å². The summed E-state index contributed by atoms with van der Waals surface area (Å²) in [6.45, 7) is 0. The number of fused-ring (bicyclic) bond motifs is 1. The lowest BCUT2D eigenvalue weighted by atomic mass is 10.1. The molecule has 0 saturated carbocycles. The Morgan fingerprint density at radius 2 is 1.65 bits per heavy atom. The number of methoxy groups -OCH3 is 3. The highest BCUT2D eigenvalue weighted by atomic mass is 32.1. The van der Waals surface area contributed by atoms with E-state index in [4.69, 9.17) is 14.2 Å². The topological polar surface area (TPSA) is 69.7 Å². The second-order valence-electron chi connectivity index (χ2n) is 6.86. The molecule has 1 aromatic heterocycles. The maximum absolute atomic E-state index is 12.6. The molecule has 3 aromatic carbocycles. The van der Waals surface area contributed by atoms with Crippen molar-refractivity contribution in [3.63, 3.8) is 0 Å². The average Bonchev–Trinajstić information content (AvgIpc) is 3.26. The Morgan fingerprint density at radius 1 is 0.935 bits per heavy atom. The maximum atomic E-state index is 12.6. The van der Waals surface area contributed by atoms with Gasteiger partial charge in [-0.05, 0) is 34.5 Å². The monoisotopic (exact) mass is 434 g/mol. The SMILES string of the molecule is COc1cc(CC(=O)Nc2nc(-c3ccc4ccccc4c3)cs2)cc(OC)c1OC. The van der Waals surface area contributed by atoms with Gasteiger partial charge < -0.3 is 19.5 Å². The Kier molecular flexibility index (Phi) is 6.04. The number of ether oxygens (including phenoxy) is 3. The Labute approximate surface area is 184 Å². The fourth-order valence-corrected chi connectivity index (χ4v) is 4.13. The van der Waals surface area contributed by atoms with E-state index in [0.717, 1.165) is 22.2 Å². The molecule has 1 N–H and O–H groups in total. The molecule has 1 amide bonds.